The first-order chi connectivity index (χ1) is 12.4. The Morgan fingerprint density at radius 2 is 0.759 bits per heavy atom. The highest BCUT2D eigenvalue weighted by Crippen LogP contribution is 2.75. The highest BCUT2D eigenvalue weighted by molar-refractivity contribution is 5.37. The quantitative estimate of drug-likeness (QED) is 0.439. The maximum atomic E-state index is 14.4. The molecule has 0 bridgehead atoms. The molecule has 174 valence electrons. The number of hydrogen-bond acceptors (Lipinski definition) is 0. The summed E-state index contributed by atoms with van der Waals surface area (Å²) in [6, 6.07) is 0. The van der Waals surface area contributed by atoms with Gasteiger partial charge >= 0.3 is 41.5 Å². The van der Waals surface area contributed by atoms with E-state index < -0.39 is 66.1 Å². The predicted molar refractivity (Wildman–Crippen MR) is 54.3 cm³/mol. The minimum atomic E-state index is -8.67. The van der Waals surface area contributed by atoms with Gasteiger partial charge in [0.1, 0.15) is 0 Å². The van der Waals surface area contributed by atoms with E-state index in [1.54, 1.807) is 0 Å². The Labute approximate surface area is 146 Å². The summed E-state index contributed by atoms with van der Waals surface area (Å²) in [5, 5.41) is 0. The molecule has 1 aliphatic rings. The monoisotopic (exact) mass is 478 g/mol. The molecule has 2 atom stereocenters. The molecule has 18 heteroatoms. The van der Waals surface area contributed by atoms with Crippen molar-refractivity contribution in [3.63, 3.8) is 0 Å². The zero-order valence-electron chi connectivity index (χ0n) is 12.7. The highest BCUT2D eigenvalue weighted by Gasteiger charge is 3.08. The average molecular weight is 478 g/mol. The molecule has 29 heavy (non-hydrogen) atoms. The molecule has 0 heterocycles. The van der Waals surface area contributed by atoms with Crippen LogP contribution in [0.1, 0.15) is 0 Å². The largest absolute Gasteiger partial charge is 0.382 e. The molecule has 0 amide bonds. The second-order valence-corrected chi connectivity index (χ2v) is 5.87. The van der Waals surface area contributed by atoms with Gasteiger partial charge in [-0.2, -0.15) is 61.5 Å². The van der Waals surface area contributed by atoms with Gasteiger partial charge in [-0.25, -0.2) is 17.6 Å². The molecule has 1 rings (SSSR count). The van der Waals surface area contributed by atoms with Crippen LogP contribution in [0, 0.1) is 0 Å². The third-order valence-corrected chi connectivity index (χ3v) is 4.25. The summed E-state index contributed by atoms with van der Waals surface area (Å²) < 4.78 is 240. The SMILES string of the molecule is FCC(F)(F)C(F)(F)C1(F)C(F)(F)C(F)(F)C(F)(F)C(F)(F)C1(F)C(F)(F)CF. The van der Waals surface area contributed by atoms with E-state index in [-0.39, 0.29) is 0 Å². The van der Waals surface area contributed by atoms with E-state index >= 15 is 0 Å². The van der Waals surface area contributed by atoms with Crippen LogP contribution in [0.25, 0.3) is 0 Å². The topological polar surface area (TPSA) is 0 Å². The predicted octanol–water partition coefficient (Wildman–Crippen LogP) is 5.80. The lowest BCUT2D eigenvalue weighted by Gasteiger charge is -2.58. The summed E-state index contributed by atoms with van der Waals surface area (Å²) in [6.07, 6.45) is 0. The molecule has 0 spiro atoms. The highest BCUT2D eigenvalue weighted by atomic mass is 19.4. The van der Waals surface area contributed by atoms with E-state index in [9.17, 15) is 79.0 Å². The molecular weight excluding hydrogens is 474 g/mol. The molecule has 0 aromatic carbocycles. The summed E-state index contributed by atoms with van der Waals surface area (Å²) in [5.41, 5.74) is -17.1. The lowest BCUT2D eigenvalue weighted by Crippen LogP contribution is -2.93. The van der Waals surface area contributed by atoms with Gasteiger partial charge in [0.05, 0.1) is 0 Å². The molecule has 1 aliphatic carbocycles. The van der Waals surface area contributed by atoms with Crippen molar-refractivity contribution in [2.45, 2.75) is 52.8 Å². The second-order valence-electron chi connectivity index (χ2n) is 5.87. The zero-order chi connectivity index (χ0) is 23.9. The van der Waals surface area contributed by atoms with Crippen LogP contribution in [0.5, 0.6) is 0 Å². The number of halogens is 18. The first kappa shape index (κ1) is 25.8. The second kappa shape index (κ2) is 5.91. The van der Waals surface area contributed by atoms with Gasteiger partial charge in [0.25, 0.3) is 11.3 Å². The van der Waals surface area contributed by atoms with Crippen molar-refractivity contribution >= 4 is 0 Å². The van der Waals surface area contributed by atoms with Gasteiger partial charge in [-0.15, -0.1) is 0 Å². The Kier molecular flexibility index (Phi) is 5.26. The summed E-state index contributed by atoms with van der Waals surface area (Å²) >= 11 is 0. The van der Waals surface area contributed by atoms with Gasteiger partial charge in [-0.3, -0.25) is 0 Å². The third kappa shape index (κ3) is 2.23. The Bertz CT molecular complexity index is 650. The number of alkyl halides is 18. The summed E-state index contributed by atoms with van der Waals surface area (Å²) in [4.78, 5) is 0. The maximum Gasteiger partial charge on any atom is 0.382 e. The molecule has 0 saturated heterocycles. The molecule has 0 radical (unpaired) electrons. The molecule has 0 aromatic heterocycles. The molecule has 1 fully saturated rings. The fraction of sp³-hybridized carbons (Fsp3) is 1.00. The molecule has 0 N–H and O–H groups in total. The van der Waals surface area contributed by atoms with Crippen molar-refractivity contribution in [1.82, 2.24) is 0 Å². The van der Waals surface area contributed by atoms with E-state index in [2.05, 4.69) is 0 Å². The fourth-order valence-electron chi connectivity index (χ4n) is 2.58. The maximum absolute atomic E-state index is 14.4. The van der Waals surface area contributed by atoms with Crippen LogP contribution in [-0.2, 0) is 0 Å². The van der Waals surface area contributed by atoms with Crippen LogP contribution in [0.3, 0.4) is 0 Å². The molecule has 1 saturated carbocycles. The Balaban J connectivity index is 4.36. The van der Waals surface area contributed by atoms with Gasteiger partial charge < -0.3 is 0 Å². The lowest BCUT2D eigenvalue weighted by atomic mass is 9.59. The van der Waals surface area contributed by atoms with Crippen LogP contribution in [0.15, 0.2) is 0 Å². The molecule has 0 aliphatic heterocycles. The normalized spacial score (nSPS) is 34.1. The van der Waals surface area contributed by atoms with Crippen molar-refractivity contribution in [2.24, 2.45) is 0 Å². The van der Waals surface area contributed by atoms with Crippen molar-refractivity contribution in [1.29, 1.82) is 0 Å². The number of rotatable bonds is 5. The minimum absolute atomic E-state index is 4.13. The van der Waals surface area contributed by atoms with Crippen molar-refractivity contribution in [2.75, 3.05) is 13.3 Å². The molecule has 0 aromatic rings. The van der Waals surface area contributed by atoms with Gasteiger partial charge in [0, 0.05) is 0 Å². The smallest absolute Gasteiger partial charge is 0.244 e. The summed E-state index contributed by atoms with van der Waals surface area (Å²) in [7, 11) is 0. The molecule has 2 unspecified atom stereocenters. The van der Waals surface area contributed by atoms with Crippen LogP contribution >= 0.6 is 0 Å². The van der Waals surface area contributed by atoms with Crippen LogP contribution in [0.4, 0.5) is 79.0 Å². The van der Waals surface area contributed by atoms with Crippen molar-refractivity contribution in [3.8, 4) is 0 Å². The van der Waals surface area contributed by atoms with E-state index in [0.717, 1.165) is 0 Å². The van der Waals surface area contributed by atoms with Gasteiger partial charge in [0.15, 0.2) is 13.3 Å². The lowest BCUT2D eigenvalue weighted by molar-refractivity contribution is -0.515. The Morgan fingerprint density at radius 1 is 0.448 bits per heavy atom. The average Bonchev–Trinajstić information content (AvgIpc) is 2.57. The van der Waals surface area contributed by atoms with E-state index in [4.69, 9.17) is 0 Å². The standard InChI is InChI=1S/C11H4F18/c12-1-3(14,15)5(18)6(19,7(20,21)4(16,17)2-13)9(24,25)11(28,29)10(26,27)8(5,22)23/h1-2H2. The van der Waals surface area contributed by atoms with Crippen molar-refractivity contribution < 1.29 is 79.0 Å². The first-order valence-electron chi connectivity index (χ1n) is 6.52. The van der Waals surface area contributed by atoms with Crippen molar-refractivity contribution in [3.05, 3.63) is 0 Å². The first-order valence-corrected chi connectivity index (χ1v) is 6.52. The van der Waals surface area contributed by atoms with Crippen LogP contribution in [-0.4, -0.2) is 66.1 Å². The summed E-state index contributed by atoms with van der Waals surface area (Å²) in [6.45, 7) is -8.44. The van der Waals surface area contributed by atoms with Crippen LogP contribution < -0.4 is 0 Å². The van der Waals surface area contributed by atoms with Crippen LogP contribution in [0.2, 0.25) is 0 Å². The van der Waals surface area contributed by atoms with E-state index in [0.29, 0.717) is 0 Å². The van der Waals surface area contributed by atoms with E-state index in [1.165, 1.54) is 0 Å². The van der Waals surface area contributed by atoms with Gasteiger partial charge in [-0.05, 0) is 0 Å². The van der Waals surface area contributed by atoms with E-state index in [1.807, 2.05) is 0 Å². The number of hydrogen-bond donors (Lipinski definition) is 0. The zero-order valence-corrected chi connectivity index (χ0v) is 12.7. The van der Waals surface area contributed by atoms with Gasteiger partial charge in [-0.1, -0.05) is 0 Å². The Morgan fingerprint density at radius 3 is 1.03 bits per heavy atom. The van der Waals surface area contributed by atoms with Gasteiger partial charge in [0.2, 0.25) is 0 Å². The third-order valence-electron chi connectivity index (χ3n) is 4.25. The molecule has 0 nitrogen and oxygen atoms in total. The fourth-order valence-corrected chi connectivity index (χ4v) is 2.58. The molecular formula is C11H4F18. The Hall–Kier alpha value is -1.26. The summed E-state index contributed by atoms with van der Waals surface area (Å²) in [5.74, 6) is -56.2. The minimum Gasteiger partial charge on any atom is -0.244 e.